The third-order valence-corrected chi connectivity index (χ3v) is 5.63. The highest BCUT2D eigenvalue weighted by Gasteiger charge is 2.29. The summed E-state index contributed by atoms with van der Waals surface area (Å²) in [5.41, 5.74) is 0.170. The number of pyridine rings is 1. The number of fused-ring (bicyclic) bond motifs is 1. The van der Waals surface area contributed by atoms with E-state index in [9.17, 15) is 4.79 Å². The number of amides is 1. The fourth-order valence-corrected chi connectivity index (χ4v) is 3.45. The standard InChI is InChI=1S/C17H20Br2N2O4/c1-17(2,3)25-16(22)21-7-4-5-10(9-21)24-15-11-6-8-23-13(11)12(18)14(19)20-15/h6,8,10H,4-5,7,9H2,1-3H3/t10-/m0/s1. The van der Waals surface area contributed by atoms with Crippen molar-refractivity contribution in [3.05, 3.63) is 21.4 Å². The Bertz CT molecular complexity index is 785. The van der Waals surface area contributed by atoms with Gasteiger partial charge < -0.3 is 18.8 Å². The molecule has 3 rings (SSSR count). The molecule has 2 aromatic heterocycles. The molecule has 3 heterocycles. The first-order chi connectivity index (χ1) is 11.7. The summed E-state index contributed by atoms with van der Waals surface area (Å²) in [5.74, 6) is 0.495. The molecule has 0 N–H and O–H groups in total. The number of ether oxygens (including phenoxy) is 2. The van der Waals surface area contributed by atoms with E-state index < -0.39 is 5.60 Å². The Kier molecular flexibility index (Phi) is 5.29. The van der Waals surface area contributed by atoms with Crippen molar-refractivity contribution in [3.8, 4) is 5.88 Å². The highest BCUT2D eigenvalue weighted by molar-refractivity contribution is 9.13. The Morgan fingerprint density at radius 3 is 2.88 bits per heavy atom. The molecule has 1 amide bonds. The molecular weight excluding hydrogens is 456 g/mol. The monoisotopic (exact) mass is 474 g/mol. The van der Waals surface area contributed by atoms with E-state index in [0.29, 0.717) is 29.2 Å². The van der Waals surface area contributed by atoms with E-state index in [4.69, 9.17) is 13.9 Å². The number of hydrogen-bond donors (Lipinski definition) is 0. The number of rotatable bonds is 2. The summed E-state index contributed by atoms with van der Waals surface area (Å²) in [6.45, 7) is 6.74. The van der Waals surface area contributed by atoms with Crippen molar-refractivity contribution in [2.45, 2.75) is 45.3 Å². The number of hydrogen-bond acceptors (Lipinski definition) is 5. The van der Waals surface area contributed by atoms with Gasteiger partial charge in [0.25, 0.3) is 0 Å². The molecule has 136 valence electrons. The SMILES string of the molecule is CC(C)(C)OC(=O)N1CCC[C@H](Oc2nc(Br)c(Br)c3occc23)C1. The summed E-state index contributed by atoms with van der Waals surface area (Å²) in [6.07, 6.45) is 2.87. The van der Waals surface area contributed by atoms with Gasteiger partial charge in [0, 0.05) is 6.54 Å². The molecule has 6 nitrogen and oxygen atoms in total. The number of piperidine rings is 1. The van der Waals surface area contributed by atoms with Crippen LogP contribution in [0.1, 0.15) is 33.6 Å². The van der Waals surface area contributed by atoms with Gasteiger partial charge in [0.15, 0.2) is 5.58 Å². The largest absolute Gasteiger partial charge is 0.472 e. The van der Waals surface area contributed by atoms with Crippen LogP contribution in [0.2, 0.25) is 0 Å². The van der Waals surface area contributed by atoms with Crippen LogP contribution in [0.3, 0.4) is 0 Å². The van der Waals surface area contributed by atoms with Crippen molar-refractivity contribution >= 4 is 48.9 Å². The summed E-state index contributed by atoms with van der Waals surface area (Å²) < 4.78 is 18.4. The second-order valence-corrected chi connectivity index (χ2v) is 8.54. The number of nitrogens with zero attached hydrogens (tertiary/aromatic N) is 2. The zero-order chi connectivity index (χ0) is 18.2. The topological polar surface area (TPSA) is 64.8 Å². The smallest absolute Gasteiger partial charge is 0.410 e. The summed E-state index contributed by atoms with van der Waals surface area (Å²) in [5, 5.41) is 0.796. The van der Waals surface area contributed by atoms with Gasteiger partial charge >= 0.3 is 6.09 Å². The van der Waals surface area contributed by atoms with E-state index in [-0.39, 0.29) is 12.2 Å². The zero-order valence-corrected chi connectivity index (χ0v) is 17.5. The van der Waals surface area contributed by atoms with E-state index >= 15 is 0 Å². The highest BCUT2D eigenvalue weighted by atomic mass is 79.9. The molecule has 0 bridgehead atoms. The Morgan fingerprint density at radius 1 is 1.40 bits per heavy atom. The lowest BCUT2D eigenvalue weighted by atomic mass is 10.1. The predicted molar refractivity (Wildman–Crippen MR) is 101 cm³/mol. The van der Waals surface area contributed by atoms with Crippen LogP contribution in [0.25, 0.3) is 11.0 Å². The van der Waals surface area contributed by atoms with Gasteiger partial charge in [-0.15, -0.1) is 0 Å². The van der Waals surface area contributed by atoms with Gasteiger partial charge in [0.1, 0.15) is 16.3 Å². The van der Waals surface area contributed by atoms with Crippen molar-refractivity contribution in [3.63, 3.8) is 0 Å². The molecule has 25 heavy (non-hydrogen) atoms. The van der Waals surface area contributed by atoms with Crippen molar-refractivity contribution in [1.29, 1.82) is 0 Å². The van der Waals surface area contributed by atoms with E-state index in [1.807, 2.05) is 26.8 Å². The van der Waals surface area contributed by atoms with Crippen LogP contribution in [0.4, 0.5) is 4.79 Å². The first kappa shape index (κ1) is 18.5. The maximum Gasteiger partial charge on any atom is 0.410 e. The molecule has 1 fully saturated rings. The molecule has 0 aromatic carbocycles. The van der Waals surface area contributed by atoms with E-state index in [1.54, 1.807) is 11.2 Å². The summed E-state index contributed by atoms with van der Waals surface area (Å²) >= 11 is 6.85. The fourth-order valence-electron chi connectivity index (χ4n) is 2.71. The first-order valence-electron chi connectivity index (χ1n) is 8.11. The second-order valence-electron chi connectivity index (χ2n) is 6.99. The Hall–Kier alpha value is -1.28. The molecule has 1 atom stereocenters. The van der Waals surface area contributed by atoms with Gasteiger partial charge in [-0.3, -0.25) is 0 Å². The molecule has 1 aliphatic rings. The normalized spacial score (nSPS) is 18.4. The van der Waals surface area contributed by atoms with Crippen LogP contribution >= 0.6 is 31.9 Å². The lowest BCUT2D eigenvalue weighted by Crippen LogP contribution is -2.46. The molecule has 0 saturated carbocycles. The quantitative estimate of drug-likeness (QED) is 0.563. The maximum absolute atomic E-state index is 12.3. The molecular formula is C17H20Br2N2O4. The fraction of sp³-hybridized carbons (Fsp3) is 0.529. The van der Waals surface area contributed by atoms with Crippen LogP contribution < -0.4 is 4.74 Å². The van der Waals surface area contributed by atoms with Crippen LogP contribution in [0, 0.1) is 0 Å². The minimum absolute atomic E-state index is 0.139. The van der Waals surface area contributed by atoms with E-state index in [2.05, 4.69) is 36.8 Å². The lowest BCUT2D eigenvalue weighted by Gasteiger charge is -2.34. The second kappa shape index (κ2) is 7.15. The van der Waals surface area contributed by atoms with Crippen LogP contribution in [-0.2, 0) is 4.74 Å². The average molecular weight is 476 g/mol. The van der Waals surface area contributed by atoms with Gasteiger partial charge in [-0.1, -0.05) is 0 Å². The molecule has 0 radical (unpaired) electrons. The Balaban J connectivity index is 1.74. The molecule has 0 aliphatic carbocycles. The van der Waals surface area contributed by atoms with Crippen LogP contribution in [-0.4, -0.2) is 40.8 Å². The average Bonchev–Trinajstić information content (AvgIpc) is 3.01. The summed E-state index contributed by atoms with van der Waals surface area (Å²) in [6, 6.07) is 1.82. The molecule has 2 aromatic rings. The molecule has 1 saturated heterocycles. The maximum atomic E-state index is 12.3. The summed E-state index contributed by atoms with van der Waals surface area (Å²) in [7, 11) is 0. The van der Waals surface area contributed by atoms with Crippen molar-refractivity contribution in [1.82, 2.24) is 9.88 Å². The van der Waals surface area contributed by atoms with Crippen molar-refractivity contribution in [2.24, 2.45) is 0 Å². The third kappa shape index (κ3) is 4.28. The van der Waals surface area contributed by atoms with Crippen molar-refractivity contribution in [2.75, 3.05) is 13.1 Å². The predicted octanol–water partition coefficient (Wildman–Crippen LogP) is 5.13. The number of carbonyl (C=O) groups is 1. The van der Waals surface area contributed by atoms with E-state index in [0.717, 1.165) is 22.7 Å². The van der Waals surface area contributed by atoms with Gasteiger partial charge in [0.2, 0.25) is 5.88 Å². The van der Waals surface area contributed by atoms with Crippen LogP contribution in [0.15, 0.2) is 25.8 Å². The highest BCUT2D eigenvalue weighted by Crippen LogP contribution is 2.36. The number of aromatic nitrogens is 1. The van der Waals surface area contributed by atoms with Gasteiger partial charge in [0.05, 0.1) is 22.7 Å². The summed E-state index contributed by atoms with van der Waals surface area (Å²) in [4.78, 5) is 18.4. The lowest BCUT2D eigenvalue weighted by molar-refractivity contribution is 0.00741. The third-order valence-electron chi connectivity index (χ3n) is 3.78. The number of furan rings is 1. The molecule has 0 unspecified atom stereocenters. The van der Waals surface area contributed by atoms with Gasteiger partial charge in [-0.2, -0.15) is 0 Å². The molecule has 8 heteroatoms. The number of carbonyl (C=O) groups excluding carboxylic acids is 1. The first-order valence-corrected chi connectivity index (χ1v) is 9.70. The van der Waals surface area contributed by atoms with Crippen LogP contribution in [0.5, 0.6) is 5.88 Å². The Morgan fingerprint density at radius 2 is 2.16 bits per heavy atom. The van der Waals surface area contributed by atoms with Gasteiger partial charge in [-0.05, 0) is 71.5 Å². The minimum Gasteiger partial charge on any atom is -0.472 e. The van der Waals surface area contributed by atoms with E-state index in [1.165, 1.54) is 0 Å². The number of likely N-dealkylation sites (tertiary alicyclic amines) is 1. The van der Waals surface area contributed by atoms with Crippen molar-refractivity contribution < 1.29 is 18.7 Å². The van der Waals surface area contributed by atoms with Gasteiger partial charge in [-0.25, -0.2) is 9.78 Å². The molecule has 1 aliphatic heterocycles. The zero-order valence-electron chi connectivity index (χ0n) is 14.3. The minimum atomic E-state index is -0.508. The molecule has 0 spiro atoms. The Labute approximate surface area is 163 Å². The number of halogens is 2.